The molecule has 1 aromatic carbocycles. The van der Waals surface area contributed by atoms with Crippen molar-refractivity contribution in [3.8, 4) is 5.69 Å². The maximum Gasteiger partial charge on any atom is 0.341 e. The summed E-state index contributed by atoms with van der Waals surface area (Å²) in [6, 6.07) is 2.41. The van der Waals surface area contributed by atoms with E-state index < -0.39 is 58.8 Å². The summed E-state index contributed by atoms with van der Waals surface area (Å²) < 4.78 is 6.97. The highest BCUT2D eigenvalue weighted by molar-refractivity contribution is 6.39. The average Bonchev–Trinajstić information content (AvgIpc) is 3.06. The lowest BCUT2D eigenvalue weighted by Gasteiger charge is -2.21. The molecular weight excluding hydrogens is 527 g/mol. The number of esters is 1. The molecular formula is C24H26Cl2N4O7. The maximum absolute atomic E-state index is 13.3. The van der Waals surface area contributed by atoms with Gasteiger partial charge in [-0.15, -0.1) is 0 Å². The number of aromatic nitrogens is 3. The second-order valence-corrected chi connectivity index (χ2v) is 11.0. The molecule has 2 fully saturated rings. The summed E-state index contributed by atoms with van der Waals surface area (Å²) in [5.74, 6) is -2.58. The number of benzene rings is 1. The van der Waals surface area contributed by atoms with Crippen LogP contribution in [0, 0.1) is 11.8 Å². The molecule has 2 atom stereocenters. The zero-order chi connectivity index (χ0) is 27.4. The fraction of sp³-hybridized carbons (Fsp3) is 0.500. The first kappa shape index (κ1) is 26.9. The molecule has 4 rings (SSSR count). The summed E-state index contributed by atoms with van der Waals surface area (Å²) in [5.41, 5.74) is -4.33. The minimum absolute atomic E-state index is 0.0238. The molecule has 11 nitrogen and oxygen atoms in total. The molecule has 13 heteroatoms. The molecule has 0 N–H and O–H groups in total. The molecule has 2 amide bonds. The van der Waals surface area contributed by atoms with E-state index in [9.17, 15) is 28.8 Å². The number of hydrogen-bond donors (Lipinski definition) is 0. The van der Waals surface area contributed by atoms with Crippen LogP contribution < -0.4 is 22.0 Å². The normalized spacial score (nSPS) is 19.8. The Morgan fingerprint density at radius 3 is 1.97 bits per heavy atom. The summed E-state index contributed by atoms with van der Waals surface area (Å²) in [6.07, 6.45) is 2.83. The summed E-state index contributed by atoms with van der Waals surface area (Å²) in [7, 11) is 1.13. The zero-order valence-corrected chi connectivity index (χ0v) is 22.3. The Bertz CT molecular complexity index is 1470. The molecule has 198 valence electrons. The molecule has 1 aliphatic carbocycles. The summed E-state index contributed by atoms with van der Waals surface area (Å²) in [4.78, 5) is 78.7. The number of carbonyl (C=O) groups is 3. The molecule has 1 saturated heterocycles. The second-order valence-electron chi connectivity index (χ2n) is 10.2. The Hall–Kier alpha value is -3.18. The standard InChI is InChI=1S/C24H26Cl2N4O7/c1-24(2,3)37-18(31)11-28-21(34)27(4)22(35)30(23(28)36)17-10-16(14(25)9-15(17)26)29-19(32)12-7-5-6-8-13(12)20(29)33/h9-10,12-13H,5-8,11H2,1-4H3. The van der Waals surface area contributed by atoms with Gasteiger partial charge in [0.25, 0.3) is 0 Å². The number of anilines is 1. The topological polar surface area (TPSA) is 130 Å². The quantitative estimate of drug-likeness (QED) is 0.419. The van der Waals surface area contributed by atoms with E-state index in [2.05, 4.69) is 0 Å². The molecule has 1 aliphatic heterocycles. The van der Waals surface area contributed by atoms with Gasteiger partial charge in [-0.05, 0) is 45.7 Å². The predicted molar refractivity (Wildman–Crippen MR) is 135 cm³/mol. The van der Waals surface area contributed by atoms with Crippen molar-refractivity contribution in [3.63, 3.8) is 0 Å². The summed E-state index contributed by atoms with van der Waals surface area (Å²) in [6.45, 7) is 4.12. The lowest BCUT2D eigenvalue weighted by molar-refractivity contribution is -0.155. The number of amides is 2. The lowest BCUT2D eigenvalue weighted by atomic mass is 9.81. The highest BCUT2D eigenvalue weighted by atomic mass is 35.5. The Morgan fingerprint density at radius 2 is 1.43 bits per heavy atom. The molecule has 0 spiro atoms. The van der Waals surface area contributed by atoms with Crippen molar-refractivity contribution < 1.29 is 19.1 Å². The summed E-state index contributed by atoms with van der Waals surface area (Å²) >= 11 is 12.7. The van der Waals surface area contributed by atoms with Gasteiger partial charge in [-0.25, -0.2) is 33.0 Å². The van der Waals surface area contributed by atoms with Crippen molar-refractivity contribution in [2.24, 2.45) is 18.9 Å². The van der Waals surface area contributed by atoms with Gasteiger partial charge in [-0.2, -0.15) is 0 Å². The van der Waals surface area contributed by atoms with Crippen LogP contribution in [0.15, 0.2) is 26.5 Å². The molecule has 37 heavy (non-hydrogen) atoms. The van der Waals surface area contributed by atoms with Gasteiger partial charge in [0.05, 0.1) is 33.3 Å². The van der Waals surface area contributed by atoms with E-state index in [0.29, 0.717) is 26.5 Å². The number of imide groups is 1. The van der Waals surface area contributed by atoms with E-state index in [1.54, 1.807) is 20.8 Å². The first-order chi connectivity index (χ1) is 17.2. The van der Waals surface area contributed by atoms with Gasteiger partial charge >= 0.3 is 23.0 Å². The van der Waals surface area contributed by atoms with E-state index in [1.807, 2.05) is 0 Å². The largest absolute Gasteiger partial charge is 0.459 e. The predicted octanol–water partition coefficient (Wildman–Crippen LogP) is 2.03. The highest BCUT2D eigenvalue weighted by Crippen LogP contribution is 2.43. The van der Waals surface area contributed by atoms with E-state index in [-0.39, 0.29) is 21.4 Å². The van der Waals surface area contributed by atoms with Crippen molar-refractivity contribution in [3.05, 3.63) is 53.6 Å². The van der Waals surface area contributed by atoms with Crippen molar-refractivity contribution >= 4 is 46.7 Å². The van der Waals surface area contributed by atoms with Gasteiger partial charge in [-0.3, -0.25) is 14.4 Å². The minimum atomic E-state index is -1.15. The van der Waals surface area contributed by atoms with Crippen LogP contribution in [0.5, 0.6) is 0 Å². The first-order valence-electron chi connectivity index (χ1n) is 11.7. The second kappa shape index (κ2) is 9.60. The Labute approximate surface area is 221 Å². The lowest BCUT2D eigenvalue weighted by Crippen LogP contribution is -2.54. The van der Waals surface area contributed by atoms with E-state index >= 15 is 0 Å². The van der Waals surface area contributed by atoms with Crippen molar-refractivity contribution in [1.82, 2.24) is 13.7 Å². The van der Waals surface area contributed by atoms with Crippen LogP contribution in [0.4, 0.5) is 5.69 Å². The Balaban J connectivity index is 1.87. The number of carbonyl (C=O) groups excluding carboxylic acids is 3. The number of rotatable bonds is 4. The van der Waals surface area contributed by atoms with Crippen LogP contribution in [0.2, 0.25) is 10.0 Å². The van der Waals surface area contributed by atoms with E-state index in [0.717, 1.165) is 24.8 Å². The first-order valence-corrected chi connectivity index (χ1v) is 12.5. The molecule has 1 saturated carbocycles. The fourth-order valence-electron chi connectivity index (χ4n) is 4.81. The van der Waals surface area contributed by atoms with Crippen LogP contribution >= 0.6 is 23.2 Å². The van der Waals surface area contributed by atoms with Gasteiger partial charge < -0.3 is 4.74 Å². The molecule has 0 radical (unpaired) electrons. The number of fused-ring (bicyclic) bond motifs is 1. The minimum Gasteiger partial charge on any atom is -0.459 e. The fourth-order valence-corrected chi connectivity index (χ4v) is 5.36. The zero-order valence-electron chi connectivity index (χ0n) is 20.7. The Kier molecular flexibility index (Phi) is 6.98. The third-order valence-corrected chi connectivity index (χ3v) is 7.07. The Morgan fingerprint density at radius 1 is 0.892 bits per heavy atom. The van der Waals surface area contributed by atoms with Crippen LogP contribution in [0.25, 0.3) is 5.69 Å². The van der Waals surface area contributed by atoms with E-state index in [4.69, 9.17) is 27.9 Å². The number of halogens is 2. The average molecular weight is 553 g/mol. The van der Waals surface area contributed by atoms with Crippen LogP contribution in [0.1, 0.15) is 46.5 Å². The van der Waals surface area contributed by atoms with Crippen molar-refractivity contribution in [2.45, 2.75) is 58.6 Å². The molecule has 2 aromatic rings. The number of hydrogen-bond acceptors (Lipinski definition) is 7. The molecule has 2 heterocycles. The van der Waals surface area contributed by atoms with Crippen LogP contribution in [-0.4, -0.2) is 37.1 Å². The van der Waals surface area contributed by atoms with Gasteiger partial charge in [0.15, 0.2) is 0 Å². The third-order valence-electron chi connectivity index (χ3n) is 6.46. The summed E-state index contributed by atoms with van der Waals surface area (Å²) in [5, 5.41) is -0.173. The van der Waals surface area contributed by atoms with Crippen LogP contribution in [0.3, 0.4) is 0 Å². The molecule has 2 unspecified atom stereocenters. The molecule has 0 bridgehead atoms. The number of ether oxygens (including phenoxy) is 1. The van der Waals surface area contributed by atoms with Gasteiger partial charge in [0.1, 0.15) is 12.1 Å². The highest BCUT2D eigenvalue weighted by Gasteiger charge is 2.49. The van der Waals surface area contributed by atoms with Crippen molar-refractivity contribution in [1.29, 1.82) is 0 Å². The van der Waals surface area contributed by atoms with Crippen LogP contribution in [-0.2, 0) is 32.7 Å². The van der Waals surface area contributed by atoms with Gasteiger partial charge in [-0.1, -0.05) is 36.0 Å². The van der Waals surface area contributed by atoms with Crippen molar-refractivity contribution in [2.75, 3.05) is 4.90 Å². The third kappa shape index (κ3) is 4.77. The number of nitrogens with zero attached hydrogens (tertiary/aromatic N) is 4. The smallest absolute Gasteiger partial charge is 0.341 e. The monoisotopic (exact) mass is 552 g/mol. The van der Waals surface area contributed by atoms with E-state index in [1.165, 1.54) is 12.1 Å². The molecule has 2 aliphatic rings. The molecule has 1 aromatic heterocycles. The van der Waals surface area contributed by atoms with Gasteiger partial charge in [0.2, 0.25) is 11.8 Å². The maximum atomic E-state index is 13.3. The van der Waals surface area contributed by atoms with Gasteiger partial charge in [0, 0.05) is 7.05 Å². The SMILES string of the molecule is Cn1c(=O)n(CC(=O)OC(C)(C)C)c(=O)n(-c2cc(N3C(=O)C4CCCCC4C3=O)c(Cl)cc2Cl)c1=O.